The van der Waals surface area contributed by atoms with Crippen LogP contribution in [0.5, 0.6) is 0 Å². The zero-order valence-electron chi connectivity index (χ0n) is 14.3. The molecular weight excluding hydrogens is 312 g/mol. The molecule has 2 rings (SSSR count). The molecule has 0 radical (unpaired) electrons. The largest absolute Gasteiger partial charge is 0.299 e. The van der Waals surface area contributed by atoms with Crippen molar-refractivity contribution in [1.82, 2.24) is 0 Å². The van der Waals surface area contributed by atoms with Gasteiger partial charge in [0.05, 0.1) is 11.9 Å². The Bertz CT molecular complexity index is 446. The zero-order chi connectivity index (χ0) is 16.5. The summed E-state index contributed by atoms with van der Waals surface area (Å²) in [7, 11) is -3.39. The molecule has 0 bridgehead atoms. The molecule has 0 amide bonds. The molecule has 23 heavy (non-hydrogen) atoms. The molecule has 0 aromatic rings. The van der Waals surface area contributed by atoms with E-state index in [1.54, 1.807) is 0 Å². The Kier molecular flexibility index (Phi) is 8.04. The zero-order valence-corrected chi connectivity index (χ0v) is 15.1. The van der Waals surface area contributed by atoms with E-state index >= 15 is 0 Å². The molecule has 5 heteroatoms. The summed E-state index contributed by atoms with van der Waals surface area (Å²) in [5.74, 6) is 0.773. The van der Waals surface area contributed by atoms with Crippen LogP contribution in [0, 0.1) is 5.92 Å². The van der Waals surface area contributed by atoms with Crippen LogP contribution >= 0.6 is 0 Å². The van der Waals surface area contributed by atoms with Crippen molar-refractivity contribution in [3.8, 4) is 0 Å². The highest BCUT2D eigenvalue weighted by Gasteiger charge is 2.22. The van der Waals surface area contributed by atoms with E-state index in [4.69, 9.17) is 4.18 Å². The average molecular weight is 345 g/mol. The maximum absolute atomic E-state index is 12.1. The normalized spacial score (nSPS) is 21.4. The summed E-state index contributed by atoms with van der Waals surface area (Å²) in [6.07, 6.45) is 13.6. The molecule has 0 aromatic heterocycles. The second kappa shape index (κ2) is 9.77. The molecule has 0 atom stereocenters. The number of hydrogen-bond donors (Lipinski definition) is 0. The van der Waals surface area contributed by atoms with E-state index in [9.17, 15) is 13.2 Å². The number of rotatable bonds is 9. The van der Waals surface area contributed by atoms with Gasteiger partial charge in [0.15, 0.2) is 0 Å². The van der Waals surface area contributed by atoms with Crippen molar-refractivity contribution in [3.05, 3.63) is 0 Å². The maximum Gasteiger partial charge on any atom is 0.267 e. The van der Waals surface area contributed by atoms with Crippen LogP contribution in [0.1, 0.15) is 89.9 Å². The SMILES string of the molecule is O=C(CCCCCS(=O)(=O)OC1CCCCC1)C1CCCCC1. The van der Waals surface area contributed by atoms with Gasteiger partial charge in [0.25, 0.3) is 10.1 Å². The predicted molar refractivity (Wildman–Crippen MR) is 91.8 cm³/mol. The standard InChI is InChI=1S/C18H32O4S/c19-18(16-10-4-1-5-11-16)14-8-3-9-15-23(20,21)22-17-12-6-2-7-13-17/h16-17H,1-15H2. The van der Waals surface area contributed by atoms with Crippen LogP contribution in [0.4, 0.5) is 0 Å². The summed E-state index contributed by atoms with van der Waals surface area (Å²) in [5, 5.41) is 0. The van der Waals surface area contributed by atoms with E-state index in [-0.39, 0.29) is 17.8 Å². The van der Waals surface area contributed by atoms with Crippen LogP contribution in [0.2, 0.25) is 0 Å². The molecule has 2 aliphatic rings. The number of Topliss-reactive ketones (excluding diaryl/α,β-unsaturated/α-hetero) is 1. The van der Waals surface area contributed by atoms with Crippen molar-refractivity contribution in [1.29, 1.82) is 0 Å². The van der Waals surface area contributed by atoms with Crippen molar-refractivity contribution in [2.75, 3.05) is 5.75 Å². The molecule has 2 aliphatic carbocycles. The average Bonchev–Trinajstić information content (AvgIpc) is 2.55. The summed E-state index contributed by atoms with van der Waals surface area (Å²) < 4.78 is 29.2. The molecule has 0 saturated heterocycles. The van der Waals surface area contributed by atoms with Gasteiger partial charge >= 0.3 is 0 Å². The highest BCUT2D eigenvalue weighted by atomic mass is 32.2. The van der Waals surface area contributed by atoms with E-state index in [0.29, 0.717) is 18.6 Å². The summed E-state index contributed by atoms with van der Waals surface area (Å²) in [4.78, 5) is 12.1. The number of carbonyl (C=O) groups excluding carboxylic acids is 1. The summed E-state index contributed by atoms with van der Waals surface area (Å²) in [5.41, 5.74) is 0. The highest BCUT2D eigenvalue weighted by Crippen LogP contribution is 2.26. The fourth-order valence-electron chi connectivity index (χ4n) is 3.80. The first-order valence-electron chi connectivity index (χ1n) is 9.50. The molecular formula is C18H32O4S. The van der Waals surface area contributed by atoms with Gasteiger partial charge in [0.1, 0.15) is 5.78 Å². The number of hydrogen-bond acceptors (Lipinski definition) is 4. The van der Waals surface area contributed by atoms with Crippen molar-refractivity contribution in [2.24, 2.45) is 5.92 Å². The van der Waals surface area contributed by atoms with Crippen LogP contribution in [-0.2, 0) is 19.1 Å². The quantitative estimate of drug-likeness (QED) is 0.460. The monoisotopic (exact) mass is 344 g/mol. The Morgan fingerprint density at radius 1 is 0.826 bits per heavy atom. The molecule has 0 aliphatic heterocycles. The van der Waals surface area contributed by atoms with Gasteiger partial charge in [0.2, 0.25) is 0 Å². The van der Waals surface area contributed by atoms with Gasteiger partial charge in [-0.2, -0.15) is 8.42 Å². The lowest BCUT2D eigenvalue weighted by atomic mass is 9.84. The summed E-state index contributed by atoms with van der Waals surface area (Å²) in [6, 6.07) is 0. The van der Waals surface area contributed by atoms with Crippen LogP contribution in [0.15, 0.2) is 0 Å². The smallest absolute Gasteiger partial charge is 0.267 e. The van der Waals surface area contributed by atoms with Crippen LogP contribution < -0.4 is 0 Å². The van der Waals surface area contributed by atoms with Crippen LogP contribution in [0.25, 0.3) is 0 Å². The molecule has 2 saturated carbocycles. The molecule has 0 aromatic carbocycles. The summed E-state index contributed by atoms with van der Waals surface area (Å²) >= 11 is 0. The fraction of sp³-hybridized carbons (Fsp3) is 0.944. The number of ketones is 1. The summed E-state index contributed by atoms with van der Waals surface area (Å²) in [6.45, 7) is 0. The lowest BCUT2D eigenvalue weighted by Gasteiger charge is -2.21. The second-order valence-corrected chi connectivity index (χ2v) is 8.95. The highest BCUT2D eigenvalue weighted by molar-refractivity contribution is 7.86. The topological polar surface area (TPSA) is 60.4 Å². The van der Waals surface area contributed by atoms with Gasteiger partial charge in [-0.05, 0) is 38.5 Å². The van der Waals surface area contributed by atoms with E-state index in [0.717, 1.165) is 51.4 Å². The van der Waals surface area contributed by atoms with E-state index in [1.165, 1.54) is 25.7 Å². The van der Waals surface area contributed by atoms with Crippen molar-refractivity contribution < 1.29 is 17.4 Å². The van der Waals surface area contributed by atoms with Gasteiger partial charge in [-0.3, -0.25) is 8.98 Å². The number of carbonyl (C=O) groups is 1. The molecule has 4 nitrogen and oxygen atoms in total. The molecule has 0 N–H and O–H groups in total. The third-order valence-corrected chi connectivity index (χ3v) is 6.57. The van der Waals surface area contributed by atoms with Crippen molar-refractivity contribution in [3.63, 3.8) is 0 Å². The maximum atomic E-state index is 12.1. The Morgan fingerprint density at radius 2 is 1.43 bits per heavy atom. The van der Waals surface area contributed by atoms with Gasteiger partial charge in [0, 0.05) is 12.3 Å². The van der Waals surface area contributed by atoms with E-state index < -0.39 is 10.1 Å². The molecule has 134 valence electrons. The van der Waals surface area contributed by atoms with E-state index in [2.05, 4.69) is 0 Å². The minimum Gasteiger partial charge on any atom is -0.299 e. The molecule has 2 fully saturated rings. The van der Waals surface area contributed by atoms with E-state index in [1.807, 2.05) is 0 Å². The first-order valence-corrected chi connectivity index (χ1v) is 11.1. The Balaban J connectivity index is 1.56. The van der Waals surface area contributed by atoms with Crippen LogP contribution in [0.3, 0.4) is 0 Å². The Labute approximate surface area is 141 Å². The van der Waals surface area contributed by atoms with Gasteiger partial charge in [-0.1, -0.05) is 44.9 Å². The van der Waals surface area contributed by atoms with Crippen LogP contribution in [-0.4, -0.2) is 26.1 Å². The lowest BCUT2D eigenvalue weighted by Crippen LogP contribution is -2.23. The minimum absolute atomic E-state index is 0.0957. The molecule has 0 spiro atoms. The predicted octanol–water partition coefficient (Wildman–Crippen LogP) is 4.38. The third kappa shape index (κ3) is 7.34. The van der Waals surface area contributed by atoms with Crippen molar-refractivity contribution >= 4 is 15.9 Å². The fourth-order valence-corrected chi connectivity index (χ4v) is 5.06. The lowest BCUT2D eigenvalue weighted by molar-refractivity contribution is -0.123. The molecule has 0 unspecified atom stereocenters. The van der Waals surface area contributed by atoms with Gasteiger partial charge in [-0.15, -0.1) is 0 Å². The Hall–Kier alpha value is -0.420. The minimum atomic E-state index is -3.39. The second-order valence-electron chi connectivity index (χ2n) is 7.23. The van der Waals surface area contributed by atoms with Gasteiger partial charge in [-0.25, -0.2) is 0 Å². The number of unbranched alkanes of at least 4 members (excludes halogenated alkanes) is 2. The first-order chi connectivity index (χ1) is 11.1. The van der Waals surface area contributed by atoms with Gasteiger partial charge < -0.3 is 0 Å². The molecule has 0 heterocycles. The Morgan fingerprint density at radius 3 is 2.09 bits per heavy atom. The first kappa shape index (κ1) is 18.9. The van der Waals surface area contributed by atoms with Crippen molar-refractivity contribution in [2.45, 2.75) is 96.0 Å². The third-order valence-electron chi connectivity index (χ3n) is 5.21.